The van der Waals surface area contributed by atoms with Gasteiger partial charge in [-0.1, -0.05) is 24.3 Å². The van der Waals surface area contributed by atoms with E-state index < -0.39 is 15.9 Å². The van der Waals surface area contributed by atoms with E-state index in [1.165, 1.54) is 10.4 Å². The predicted octanol–water partition coefficient (Wildman–Crippen LogP) is 2.34. The van der Waals surface area contributed by atoms with Gasteiger partial charge in [0.05, 0.1) is 48.2 Å². The van der Waals surface area contributed by atoms with Gasteiger partial charge < -0.3 is 19.7 Å². The lowest BCUT2D eigenvalue weighted by Crippen LogP contribution is -2.40. The van der Waals surface area contributed by atoms with E-state index in [9.17, 15) is 13.2 Å². The molecule has 1 N–H and O–H groups in total. The molecule has 0 bridgehead atoms. The molecular weight excluding hydrogens is 456 g/mol. The zero-order valence-electron chi connectivity index (χ0n) is 18.6. The Bertz CT molecular complexity index is 1300. The van der Waals surface area contributed by atoms with Gasteiger partial charge in [0.2, 0.25) is 10.0 Å². The summed E-state index contributed by atoms with van der Waals surface area (Å²) in [5.41, 5.74) is 2.15. The van der Waals surface area contributed by atoms with E-state index in [2.05, 4.69) is 15.2 Å². The third-order valence-electron chi connectivity index (χ3n) is 6.01. The molecule has 3 heterocycles. The van der Waals surface area contributed by atoms with E-state index in [1.807, 2.05) is 30.3 Å². The number of para-hydroxylation sites is 1. The summed E-state index contributed by atoms with van der Waals surface area (Å²) in [7, 11) is -3.72. The van der Waals surface area contributed by atoms with Crippen LogP contribution in [0.25, 0.3) is 10.9 Å². The van der Waals surface area contributed by atoms with E-state index >= 15 is 0 Å². The first-order valence-corrected chi connectivity index (χ1v) is 12.7. The van der Waals surface area contributed by atoms with Crippen LogP contribution in [-0.4, -0.2) is 76.2 Å². The molecule has 10 heteroatoms. The Kier molecular flexibility index (Phi) is 6.46. The number of benzene rings is 2. The van der Waals surface area contributed by atoms with Gasteiger partial charge in [-0.25, -0.2) is 13.4 Å². The van der Waals surface area contributed by atoms with Crippen LogP contribution < -0.4 is 10.2 Å². The molecule has 3 aromatic rings. The second-order valence-electron chi connectivity index (χ2n) is 8.14. The molecule has 1 amide bonds. The molecule has 178 valence electrons. The molecule has 2 aliphatic rings. The summed E-state index contributed by atoms with van der Waals surface area (Å²) in [5, 5.41) is 3.85. The summed E-state index contributed by atoms with van der Waals surface area (Å²) in [5.74, 6) is -0.402. The topological polar surface area (TPSA) is 101 Å². The molecule has 0 unspecified atom stereocenters. The van der Waals surface area contributed by atoms with Crippen molar-refractivity contribution in [3.63, 3.8) is 0 Å². The minimum absolute atomic E-state index is 0.133. The lowest BCUT2D eigenvalue weighted by molar-refractivity contribution is 0.0730. The first-order chi connectivity index (χ1) is 16.5. The summed E-state index contributed by atoms with van der Waals surface area (Å²) in [6.45, 7) is 3.75. The standard InChI is InChI=1S/C24H26N4O5S/c29-24(21-7-5-18-3-1-2-4-20(18)25-21)26-22-17-19(34(30,31)28-11-15-33-16-12-28)6-8-23(22)27-9-13-32-14-10-27/h1-8,17H,9-16H2,(H,26,29). The molecule has 2 aromatic carbocycles. The van der Waals surface area contributed by atoms with Crippen LogP contribution >= 0.6 is 0 Å². The highest BCUT2D eigenvalue weighted by atomic mass is 32.2. The quantitative estimate of drug-likeness (QED) is 0.596. The molecular formula is C24H26N4O5S. The smallest absolute Gasteiger partial charge is 0.274 e. The van der Waals surface area contributed by atoms with E-state index in [0.29, 0.717) is 63.8 Å². The van der Waals surface area contributed by atoms with Crippen molar-refractivity contribution in [1.29, 1.82) is 0 Å². The van der Waals surface area contributed by atoms with E-state index in [4.69, 9.17) is 9.47 Å². The maximum atomic E-state index is 13.2. The van der Waals surface area contributed by atoms with Crippen LogP contribution in [0.1, 0.15) is 10.5 Å². The van der Waals surface area contributed by atoms with Crippen LogP contribution in [0.4, 0.5) is 11.4 Å². The van der Waals surface area contributed by atoms with Gasteiger partial charge >= 0.3 is 0 Å². The van der Waals surface area contributed by atoms with Gasteiger partial charge in [0.15, 0.2) is 0 Å². The molecule has 0 radical (unpaired) electrons. The number of fused-ring (bicyclic) bond motifs is 1. The summed E-state index contributed by atoms with van der Waals surface area (Å²) < 4.78 is 38.6. The Morgan fingerprint density at radius 3 is 2.35 bits per heavy atom. The maximum absolute atomic E-state index is 13.2. The van der Waals surface area contributed by atoms with Gasteiger partial charge in [-0.3, -0.25) is 4.79 Å². The summed E-state index contributed by atoms with van der Waals surface area (Å²) in [4.78, 5) is 19.8. The Morgan fingerprint density at radius 2 is 1.59 bits per heavy atom. The third-order valence-corrected chi connectivity index (χ3v) is 7.90. The van der Waals surface area contributed by atoms with E-state index in [0.717, 1.165) is 11.1 Å². The zero-order chi connectivity index (χ0) is 23.5. The highest BCUT2D eigenvalue weighted by Crippen LogP contribution is 2.31. The highest BCUT2D eigenvalue weighted by molar-refractivity contribution is 7.89. The number of anilines is 2. The number of amides is 1. The van der Waals surface area contributed by atoms with Crippen molar-refractivity contribution in [2.75, 3.05) is 62.8 Å². The SMILES string of the molecule is O=C(Nc1cc(S(=O)(=O)N2CCOCC2)ccc1N1CCOCC1)c1ccc2ccccc2n1. The van der Waals surface area contributed by atoms with Crippen LogP contribution in [-0.2, 0) is 19.5 Å². The zero-order valence-corrected chi connectivity index (χ0v) is 19.5. The Labute approximate surface area is 198 Å². The number of nitrogens with one attached hydrogen (secondary N) is 1. The lowest BCUT2D eigenvalue weighted by atomic mass is 10.2. The number of carbonyl (C=O) groups is 1. The van der Waals surface area contributed by atoms with Crippen LogP contribution in [0.5, 0.6) is 0 Å². The number of pyridine rings is 1. The third kappa shape index (κ3) is 4.62. The molecule has 5 rings (SSSR count). The van der Waals surface area contributed by atoms with Crippen molar-refractivity contribution in [3.8, 4) is 0 Å². The van der Waals surface area contributed by atoms with E-state index in [1.54, 1.807) is 18.2 Å². The molecule has 0 spiro atoms. The van der Waals surface area contributed by atoms with Gasteiger partial charge in [-0.15, -0.1) is 0 Å². The number of hydrogen-bond acceptors (Lipinski definition) is 7. The number of aromatic nitrogens is 1. The van der Waals surface area contributed by atoms with Crippen LogP contribution in [0.15, 0.2) is 59.5 Å². The van der Waals surface area contributed by atoms with Crippen molar-refractivity contribution >= 4 is 38.2 Å². The molecule has 2 fully saturated rings. The van der Waals surface area contributed by atoms with Crippen molar-refractivity contribution in [3.05, 3.63) is 60.3 Å². The second-order valence-corrected chi connectivity index (χ2v) is 10.1. The number of nitrogens with zero attached hydrogens (tertiary/aromatic N) is 3. The van der Waals surface area contributed by atoms with Gasteiger partial charge in [-0.2, -0.15) is 4.31 Å². The second kappa shape index (κ2) is 9.67. The molecule has 0 aliphatic carbocycles. The van der Waals surface area contributed by atoms with Gasteiger partial charge in [0.25, 0.3) is 5.91 Å². The minimum atomic E-state index is -3.72. The van der Waals surface area contributed by atoms with Crippen LogP contribution in [0.3, 0.4) is 0 Å². The van der Waals surface area contributed by atoms with Crippen molar-refractivity contribution < 1.29 is 22.7 Å². The number of sulfonamides is 1. The summed E-state index contributed by atoms with van der Waals surface area (Å²) >= 11 is 0. The number of morpholine rings is 2. The fourth-order valence-corrected chi connectivity index (χ4v) is 5.61. The average Bonchev–Trinajstić information content (AvgIpc) is 2.89. The first-order valence-electron chi connectivity index (χ1n) is 11.2. The van der Waals surface area contributed by atoms with Crippen LogP contribution in [0.2, 0.25) is 0 Å². The summed E-state index contributed by atoms with van der Waals surface area (Å²) in [6.07, 6.45) is 0. The first kappa shape index (κ1) is 22.7. The highest BCUT2D eigenvalue weighted by Gasteiger charge is 2.28. The lowest BCUT2D eigenvalue weighted by Gasteiger charge is -2.31. The molecule has 0 atom stereocenters. The fourth-order valence-electron chi connectivity index (χ4n) is 4.17. The predicted molar refractivity (Wildman–Crippen MR) is 129 cm³/mol. The fraction of sp³-hybridized carbons (Fsp3) is 0.333. The number of hydrogen-bond donors (Lipinski definition) is 1. The normalized spacial score (nSPS) is 17.6. The van der Waals surface area contributed by atoms with Crippen molar-refractivity contribution in [2.24, 2.45) is 0 Å². The Morgan fingerprint density at radius 1 is 0.882 bits per heavy atom. The molecule has 34 heavy (non-hydrogen) atoms. The molecule has 9 nitrogen and oxygen atoms in total. The number of rotatable bonds is 5. The monoisotopic (exact) mass is 482 g/mol. The minimum Gasteiger partial charge on any atom is -0.379 e. The average molecular weight is 483 g/mol. The van der Waals surface area contributed by atoms with Crippen LogP contribution in [0, 0.1) is 0 Å². The largest absolute Gasteiger partial charge is 0.379 e. The Hall–Kier alpha value is -3.05. The summed E-state index contributed by atoms with van der Waals surface area (Å²) in [6, 6.07) is 16.0. The van der Waals surface area contributed by atoms with Gasteiger partial charge in [-0.05, 0) is 30.3 Å². The van der Waals surface area contributed by atoms with Crippen molar-refractivity contribution in [1.82, 2.24) is 9.29 Å². The molecule has 0 saturated carbocycles. The molecule has 2 saturated heterocycles. The van der Waals surface area contributed by atoms with E-state index in [-0.39, 0.29) is 10.6 Å². The Balaban J connectivity index is 1.49. The van der Waals surface area contributed by atoms with Gasteiger partial charge in [0, 0.05) is 31.6 Å². The molecule has 1 aromatic heterocycles. The van der Waals surface area contributed by atoms with Crippen molar-refractivity contribution in [2.45, 2.75) is 4.90 Å². The maximum Gasteiger partial charge on any atom is 0.274 e. The number of carbonyl (C=O) groups excluding carboxylic acids is 1. The number of ether oxygens (including phenoxy) is 2. The van der Waals surface area contributed by atoms with Gasteiger partial charge in [0.1, 0.15) is 5.69 Å². The molecule has 2 aliphatic heterocycles.